The number of para-hydroxylation sites is 1. The normalized spacial score (nSPS) is 14.8. The number of aromatic nitrogens is 5. The van der Waals surface area contributed by atoms with Crippen molar-refractivity contribution in [2.75, 3.05) is 0 Å². The van der Waals surface area contributed by atoms with Crippen LogP contribution in [0.1, 0.15) is 23.6 Å². The highest BCUT2D eigenvalue weighted by atomic mass is 15.1. The van der Waals surface area contributed by atoms with Gasteiger partial charge in [0.1, 0.15) is 11.2 Å². The fourth-order valence-electron chi connectivity index (χ4n) is 6.50. The Morgan fingerprint density at radius 3 is 2.16 bits per heavy atom. The Labute approximate surface area is 259 Å². The van der Waals surface area contributed by atoms with E-state index in [1.54, 1.807) is 0 Å². The molecule has 0 N–H and O–H groups in total. The zero-order valence-corrected chi connectivity index (χ0v) is 24.4. The molecule has 1 aliphatic carbocycles. The van der Waals surface area contributed by atoms with E-state index in [-0.39, 0.29) is 5.92 Å². The van der Waals surface area contributed by atoms with Crippen LogP contribution in [-0.4, -0.2) is 24.3 Å². The smallest absolute Gasteiger partial charge is 0.165 e. The first kappa shape index (κ1) is 25.5. The molecule has 4 heterocycles. The van der Waals surface area contributed by atoms with Crippen molar-refractivity contribution in [1.29, 1.82) is 0 Å². The van der Waals surface area contributed by atoms with Crippen molar-refractivity contribution >= 4 is 44.1 Å². The van der Waals surface area contributed by atoms with Crippen molar-refractivity contribution in [3.05, 3.63) is 157 Å². The number of pyridine rings is 2. The lowest BCUT2D eigenvalue weighted by atomic mass is 9.88. The highest BCUT2D eigenvalue weighted by molar-refractivity contribution is 6.09. The predicted molar refractivity (Wildman–Crippen MR) is 183 cm³/mol. The molecule has 212 valence electrons. The molecule has 4 aromatic heterocycles. The van der Waals surface area contributed by atoms with E-state index in [4.69, 9.17) is 19.9 Å². The van der Waals surface area contributed by atoms with Gasteiger partial charge in [0, 0.05) is 39.4 Å². The second-order valence-electron chi connectivity index (χ2n) is 11.5. The molecule has 45 heavy (non-hydrogen) atoms. The molecule has 9 rings (SSSR count). The zero-order chi connectivity index (χ0) is 29.7. The molecule has 0 saturated heterocycles. The quantitative estimate of drug-likeness (QED) is 0.209. The Morgan fingerprint density at radius 2 is 1.33 bits per heavy atom. The number of benzene rings is 4. The summed E-state index contributed by atoms with van der Waals surface area (Å²) in [7, 11) is 0. The number of nitrogens with zero attached hydrogens (tertiary/aromatic N) is 5. The average Bonchev–Trinajstić information content (AvgIpc) is 3.50. The molecule has 0 spiro atoms. The van der Waals surface area contributed by atoms with Crippen molar-refractivity contribution in [2.24, 2.45) is 0 Å². The number of allylic oxidation sites excluding steroid dienone is 4. The van der Waals surface area contributed by atoms with Gasteiger partial charge >= 0.3 is 0 Å². The SMILES string of the molecule is C1=CC(c2ccc(-c3nc4c(nc5ccccn54)c4ccccc34)cc2)CC=C1c1nc(-c2ccccc2)nc2ccccc12. The largest absolute Gasteiger partial charge is 0.284 e. The van der Waals surface area contributed by atoms with Crippen LogP contribution in [0.4, 0.5) is 0 Å². The van der Waals surface area contributed by atoms with Gasteiger partial charge in [-0.05, 0) is 35.8 Å². The third kappa shape index (κ3) is 4.32. The van der Waals surface area contributed by atoms with Gasteiger partial charge in [-0.1, -0.05) is 121 Å². The van der Waals surface area contributed by atoms with Crippen LogP contribution >= 0.6 is 0 Å². The van der Waals surface area contributed by atoms with Crippen LogP contribution in [0, 0.1) is 0 Å². The number of hydrogen-bond donors (Lipinski definition) is 0. The molecule has 4 aromatic carbocycles. The summed E-state index contributed by atoms with van der Waals surface area (Å²) >= 11 is 0. The van der Waals surface area contributed by atoms with E-state index in [9.17, 15) is 0 Å². The van der Waals surface area contributed by atoms with Crippen molar-refractivity contribution in [1.82, 2.24) is 24.3 Å². The second-order valence-corrected chi connectivity index (χ2v) is 11.5. The van der Waals surface area contributed by atoms with Gasteiger partial charge in [-0.15, -0.1) is 0 Å². The number of rotatable bonds is 4. The molecule has 0 bridgehead atoms. The minimum absolute atomic E-state index is 0.287. The van der Waals surface area contributed by atoms with E-state index in [1.807, 2.05) is 48.7 Å². The molecule has 8 aromatic rings. The molecule has 1 aliphatic rings. The first-order valence-electron chi connectivity index (χ1n) is 15.3. The first-order chi connectivity index (χ1) is 22.3. The van der Waals surface area contributed by atoms with E-state index >= 15 is 0 Å². The van der Waals surface area contributed by atoms with E-state index in [1.165, 1.54) is 5.56 Å². The summed E-state index contributed by atoms with van der Waals surface area (Å²) in [6.45, 7) is 0. The van der Waals surface area contributed by atoms with Gasteiger partial charge in [-0.2, -0.15) is 0 Å². The fraction of sp³-hybridized carbons (Fsp3) is 0.0500. The number of hydrogen-bond acceptors (Lipinski definition) is 4. The Balaban J connectivity index is 1.05. The highest BCUT2D eigenvalue weighted by Gasteiger charge is 2.18. The van der Waals surface area contributed by atoms with Gasteiger partial charge in [0.2, 0.25) is 0 Å². The standard InChI is InChI=1S/C40H27N5/c1-2-10-30(11-3-1)39-41-34-15-7-6-14-33(34)37(43-39)29-23-19-27(20-24-29)26-17-21-28(22-18-26)36-31-12-4-5-13-32(31)38-40(44-36)45-25-9-8-16-35(45)42-38/h1-19,21-25,27H,20H2. The van der Waals surface area contributed by atoms with Crippen molar-refractivity contribution in [3.8, 4) is 22.6 Å². The van der Waals surface area contributed by atoms with E-state index < -0.39 is 0 Å². The minimum Gasteiger partial charge on any atom is -0.284 e. The third-order valence-corrected chi connectivity index (χ3v) is 8.78. The lowest BCUT2D eigenvalue weighted by Gasteiger charge is -2.18. The Hall–Kier alpha value is -5.94. The van der Waals surface area contributed by atoms with E-state index in [0.717, 1.165) is 78.8 Å². The van der Waals surface area contributed by atoms with Crippen molar-refractivity contribution < 1.29 is 0 Å². The zero-order valence-electron chi connectivity index (χ0n) is 24.4. The van der Waals surface area contributed by atoms with Crippen LogP contribution in [0.5, 0.6) is 0 Å². The van der Waals surface area contributed by atoms with Crippen LogP contribution in [0.3, 0.4) is 0 Å². The van der Waals surface area contributed by atoms with Crippen LogP contribution in [-0.2, 0) is 0 Å². The summed E-state index contributed by atoms with van der Waals surface area (Å²) in [6, 6.07) is 41.8. The Kier molecular flexibility index (Phi) is 5.88. The van der Waals surface area contributed by atoms with Crippen LogP contribution in [0.2, 0.25) is 0 Å². The lowest BCUT2D eigenvalue weighted by Crippen LogP contribution is -2.02. The molecule has 5 nitrogen and oxygen atoms in total. The van der Waals surface area contributed by atoms with Gasteiger partial charge in [0.05, 0.1) is 16.9 Å². The summed E-state index contributed by atoms with van der Waals surface area (Å²) < 4.78 is 2.07. The summed E-state index contributed by atoms with van der Waals surface area (Å²) in [6.07, 6.45) is 9.78. The number of imidazole rings is 1. The topological polar surface area (TPSA) is 56.0 Å². The van der Waals surface area contributed by atoms with Gasteiger partial charge in [0.25, 0.3) is 0 Å². The highest BCUT2D eigenvalue weighted by Crippen LogP contribution is 2.36. The van der Waals surface area contributed by atoms with Gasteiger partial charge in [-0.3, -0.25) is 4.40 Å². The van der Waals surface area contributed by atoms with Gasteiger partial charge < -0.3 is 0 Å². The van der Waals surface area contributed by atoms with E-state index in [2.05, 4.69) is 101 Å². The molecule has 1 atom stereocenters. The van der Waals surface area contributed by atoms with Gasteiger partial charge in [-0.25, -0.2) is 19.9 Å². The summed E-state index contributed by atoms with van der Waals surface area (Å²) in [5, 5.41) is 3.29. The molecule has 5 heteroatoms. The fourth-order valence-corrected chi connectivity index (χ4v) is 6.50. The van der Waals surface area contributed by atoms with Crippen LogP contribution in [0.25, 0.3) is 66.7 Å². The van der Waals surface area contributed by atoms with Crippen molar-refractivity contribution in [2.45, 2.75) is 12.3 Å². The molecule has 0 saturated carbocycles. The van der Waals surface area contributed by atoms with E-state index in [0.29, 0.717) is 0 Å². The third-order valence-electron chi connectivity index (χ3n) is 8.78. The molecule has 0 fully saturated rings. The second kappa shape index (κ2) is 10.4. The monoisotopic (exact) mass is 577 g/mol. The minimum atomic E-state index is 0.287. The lowest BCUT2D eigenvalue weighted by molar-refractivity contribution is 0.856. The predicted octanol–water partition coefficient (Wildman–Crippen LogP) is 9.44. The first-order valence-corrected chi connectivity index (χ1v) is 15.3. The van der Waals surface area contributed by atoms with Crippen LogP contribution < -0.4 is 0 Å². The Bertz CT molecular complexity index is 2450. The molecule has 0 aliphatic heterocycles. The summed E-state index contributed by atoms with van der Waals surface area (Å²) in [4.78, 5) is 20.0. The summed E-state index contributed by atoms with van der Waals surface area (Å²) in [5.41, 5.74) is 10.1. The molecule has 1 unspecified atom stereocenters. The number of fused-ring (bicyclic) bond motifs is 6. The maximum absolute atomic E-state index is 5.17. The van der Waals surface area contributed by atoms with Gasteiger partial charge in [0.15, 0.2) is 11.5 Å². The van der Waals surface area contributed by atoms with Crippen LogP contribution in [0.15, 0.2) is 146 Å². The molecular formula is C40H27N5. The van der Waals surface area contributed by atoms with Crippen molar-refractivity contribution in [3.63, 3.8) is 0 Å². The summed E-state index contributed by atoms with van der Waals surface area (Å²) in [5.74, 6) is 1.04. The Morgan fingerprint density at radius 1 is 0.578 bits per heavy atom. The molecule has 0 radical (unpaired) electrons. The maximum Gasteiger partial charge on any atom is 0.165 e. The average molecular weight is 578 g/mol. The molecular weight excluding hydrogens is 550 g/mol. The maximum atomic E-state index is 5.17. The molecule has 0 amide bonds.